The molecular formula is C75H54F8Ir3N18O4-4. The maximum atomic E-state index is 13.3. The number of para-hydroxylation sites is 4. The summed E-state index contributed by atoms with van der Waals surface area (Å²) in [7, 11) is 5.63. The van der Waals surface area contributed by atoms with E-state index in [0.29, 0.717) is 11.4 Å². The number of hydrogen-bond donors (Lipinski definition) is 4. The van der Waals surface area contributed by atoms with E-state index in [1.54, 1.807) is 67.7 Å². The molecule has 18 aromatic rings. The molecule has 0 aliphatic rings. The van der Waals surface area contributed by atoms with E-state index < -0.39 is 47.7 Å². The summed E-state index contributed by atoms with van der Waals surface area (Å²) in [5.41, 5.74) is 10.5. The molecule has 0 unspecified atom stereocenters. The van der Waals surface area contributed by atoms with Crippen LogP contribution in [0.15, 0.2) is 189 Å². The molecule has 0 saturated carbocycles. The Kier molecular flexibility index (Phi) is 24.8. The molecule has 22 nitrogen and oxygen atoms in total. The number of H-pyrrole nitrogens is 2. The SMILES string of the molecule is C.Cc1cn(C)c(-c2[c-]cc(F)nc2F)n1.Cc1cn2c3ccccc3c3ncc[c-]c3c2n1.Cn1c2ccccc2c2cc(C(=O)O)ncc21.Cn1c2ccccc2c2cc(C(=O)O)ncc21.FC(F)(F)c1c[nH]c(-c2[c-]ccnc2)n1.FC(F)(F)c1n[n-]c(-c2cc3c(cn2)[nH]c2ccccc23)n1.[Ir].[Ir].[Ir]. The second-order valence-electron chi connectivity index (χ2n) is 23.1. The Labute approximate surface area is 646 Å². The van der Waals surface area contributed by atoms with Crippen LogP contribution in [-0.2, 0) is 93.8 Å². The van der Waals surface area contributed by atoms with Gasteiger partial charge in [0.25, 0.3) is 0 Å². The Morgan fingerprint density at radius 3 is 1.70 bits per heavy atom. The predicted octanol–water partition coefficient (Wildman–Crippen LogP) is 15.9. The first-order valence-corrected chi connectivity index (χ1v) is 31.0. The summed E-state index contributed by atoms with van der Waals surface area (Å²) in [5, 5.41) is 32.3. The number of carboxylic acid groups (broad SMARTS) is 2. The molecule has 3 radical (unpaired) electrons. The molecule has 0 fully saturated rings. The molecule has 108 heavy (non-hydrogen) atoms. The number of aryl methyl sites for hydroxylation is 5. The number of hydrogen-bond acceptors (Lipinski definition) is 13. The third-order valence-corrected chi connectivity index (χ3v) is 16.3. The van der Waals surface area contributed by atoms with Crippen molar-refractivity contribution in [2.24, 2.45) is 21.1 Å². The number of imidazole rings is 3. The van der Waals surface area contributed by atoms with Gasteiger partial charge in [0.2, 0.25) is 0 Å². The fourth-order valence-corrected chi connectivity index (χ4v) is 11.6. The quantitative estimate of drug-likeness (QED) is 0.0539. The number of aromatic carboxylic acids is 2. The standard InChI is InChI=1S/C15H10N3.C14H7F3N5.2C13H10N2O2.C10H8F2N3.C9H5F3N3.CH4.3Ir/c1-10-9-18-13-7-3-2-5-11(13)14-12(15(18)17-10)6-4-8-16-14;15-14(16,17)13-20-12(21-22-13)10-5-8-7-3-1-2-4-9(7)19-11(8)6-18-10;2*1-15-11-5-3-2-4-8(11)9-6-10(13(16)17)14-7-12(9)15;1-6-5-15(2)10(13-6)7-3-4-8(11)14-9(7)12;10-9(11,12)7-5-14-8(15-7)6-2-1-3-13-4-6;;;;/h2-5,7-9H,1H3;1-6,19H;2*2-7H,1H3,(H,16,17);4-5H,1-2H3;1,3-5H,(H,14,15);1H4;;;/q2*-1;;;2*-1;;;;. The van der Waals surface area contributed by atoms with Crippen molar-refractivity contribution in [1.82, 2.24) is 88.1 Å². The van der Waals surface area contributed by atoms with Crippen molar-refractivity contribution in [2.75, 3.05) is 0 Å². The number of nitrogens with one attached hydrogen (secondary N) is 2. The van der Waals surface area contributed by atoms with Gasteiger partial charge in [0.15, 0.2) is 5.69 Å². The number of rotatable bonds is 5. The van der Waals surface area contributed by atoms with Crippen LogP contribution in [0.4, 0.5) is 35.1 Å². The molecule has 4 aromatic carbocycles. The number of aromatic nitrogens is 18. The van der Waals surface area contributed by atoms with Gasteiger partial charge in [0, 0.05) is 166 Å². The zero-order chi connectivity index (χ0) is 73.3. The molecule has 0 amide bonds. The molecule has 14 heterocycles. The number of pyridine rings is 7. The molecule has 0 atom stereocenters. The first kappa shape index (κ1) is 80.4. The number of aromatic amines is 2. The average molecular weight is 2000 g/mol. The van der Waals surface area contributed by atoms with E-state index in [1.807, 2.05) is 121 Å². The van der Waals surface area contributed by atoms with E-state index >= 15 is 0 Å². The molecule has 0 bridgehead atoms. The fourth-order valence-electron chi connectivity index (χ4n) is 11.6. The normalized spacial score (nSPS) is 11.0. The van der Waals surface area contributed by atoms with Crippen LogP contribution >= 0.6 is 0 Å². The van der Waals surface area contributed by atoms with Gasteiger partial charge in [-0.2, -0.15) is 26.3 Å². The van der Waals surface area contributed by atoms with E-state index in [-0.39, 0.29) is 102 Å². The van der Waals surface area contributed by atoms with E-state index in [1.165, 1.54) is 18.5 Å². The van der Waals surface area contributed by atoms with Gasteiger partial charge in [0.1, 0.15) is 29.1 Å². The number of carboxylic acids is 2. The van der Waals surface area contributed by atoms with Gasteiger partial charge < -0.3 is 58.3 Å². The van der Waals surface area contributed by atoms with Crippen LogP contribution in [0.2, 0.25) is 0 Å². The van der Waals surface area contributed by atoms with Crippen molar-refractivity contribution in [2.45, 2.75) is 33.6 Å². The summed E-state index contributed by atoms with van der Waals surface area (Å²) < 4.78 is 108. The minimum absolute atomic E-state index is 0. The third kappa shape index (κ3) is 16.8. The minimum atomic E-state index is -4.61. The van der Waals surface area contributed by atoms with Crippen LogP contribution in [0.1, 0.15) is 51.3 Å². The van der Waals surface area contributed by atoms with Crippen LogP contribution in [0.3, 0.4) is 0 Å². The number of halogens is 8. The second kappa shape index (κ2) is 33.4. The molecule has 18 rings (SSSR count). The first-order valence-electron chi connectivity index (χ1n) is 31.0. The van der Waals surface area contributed by atoms with Gasteiger partial charge in [-0.25, -0.2) is 28.3 Å². The third-order valence-electron chi connectivity index (χ3n) is 16.3. The van der Waals surface area contributed by atoms with Crippen molar-refractivity contribution in [3.05, 3.63) is 254 Å². The number of benzene rings is 4. The van der Waals surface area contributed by atoms with Gasteiger partial charge in [-0.15, -0.1) is 30.3 Å². The molecular weight excluding hydrogens is 1950 g/mol. The summed E-state index contributed by atoms with van der Waals surface area (Å²) in [6, 6.07) is 49.4. The van der Waals surface area contributed by atoms with Crippen LogP contribution < -0.4 is 5.10 Å². The topological polar surface area (TPSA) is 281 Å². The molecule has 0 spiro atoms. The zero-order valence-corrected chi connectivity index (χ0v) is 63.0. The van der Waals surface area contributed by atoms with E-state index in [4.69, 9.17) is 10.2 Å². The first-order chi connectivity index (χ1) is 49.9. The summed E-state index contributed by atoms with van der Waals surface area (Å²) >= 11 is 0. The van der Waals surface area contributed by atoms with Crippen molar-refractivity contribution in [3.63, 3.8) is 0 Å². The Bertz CT molecular complexity index is 6070. The van der Waals surface area contributed by atoms with Gasteiger partial charge in [-0.3, -0.25) is 30.0 Å². The van der Waals surface area contributed by atoms with Crippen molar-refractivity contribution in [1.29, 1.82) is 0 Å². The maximum Gasteiger partial charge on any atom is 0.433 e. The Balaban J connectivity index is 0.000000149. The van der Waals surface area contributed by atoms with E-state index in [2.05, 4.69) is 111 Å². The summed E-state index contributed by atoms with van der Waals surface area (Å²) in [4.78, 5) is 66.3. The van der Waals surface area contributed by atoms with Crippen molar-refractivity contribution >= 4 is 105 Å². The van der Waals surface area contributed by atoms with Gasteiger partial charge in [-0.05, 0) is 73.0 Å². The van der Waals surface area contributed by atoms with Crippen LogP contribution in [0.25, 0.3) is 127 Å². The number of alkyl halides is 6. The average Bonchev–Trinajstić information content (AvgIpc) is 1.25. The molecule has 0 aliphatic heterocycles. The Morgan fingerprint density at radius 2 is 1.15 bits per heavy atom. The maximum absolute atomic E-state index is 13.3. The van der Waals surface area contributed by atoms with Crippen LogP contribution in [-0.4, -0.2) is 105 Å². The van der Waals surface area contributed by atoms with Crippen LogP contribution in [0, 0.1) is 43.9 Å². The molecule has 0 aliphatic carbocycles. The molecule has 0 saturated heterocycles. The fraction of sp³-hybridized carbons (Fsp3) is 0.107. The Hall–Kier alpha value is -11.7. The van der Waals surface area contributed by atoms with Gasteiger partial charge in [-0.1, -0.05) is 121 Å². The molecule has 33 heteroatoms. The smallest absolute Gasteiger partial charge is 0.433 e. The Morgan fingerprint density at radius 1 is 0.565 bits per heavy atom. The monoisotopic (exact) mass is 2000 g/mol. The second-order valence-corrected chi connectivity index (χ2v) is 23.1. The van der Waals surface area contributed by atoms with Gasteiger partial charge in [0.05, 0.1) is 58.1 Å². The number of carbonyl (C=O) groups is 2. The molecule has 555 valence electrons. The number of nitrogens with zero attached hydrogens (tertiary/aromatic N) is 16. The molecule has 14 aromatic heterocycles. The van der Waals surface area contributed by atoms with Crippen molar-refractivity contribution < 1.29 is 115 Å². The predicted molar refractivity (Wildman–Crippen MR) is 377 cm³/mol. The summed E-state index contributed by atoms with van der Waals surface area (Å²) in [6.07, 6.45) is 4.98. The van der Waals surface area contributed by atoms with Crippen LogP contribution in [0.5, 0.6) is 0 Å². The van der Waals surface area contributed by atoms with E-state index in [9.17, 15) is 44.7 Å². The summed E-state index contributed by atoms with van der Waals surface area (Å²) in [5.74, 6) is -4.69. The molecule has 4 N–H and O–H groups in total. The zero-order valence-electron chi connectivity index (χ0n) is 55.8. The van der Waals surface area contributed by atoms with E-state index in [0.717, 1.165) is 117 Å². The number of fused-ring (bicyclic) bond motifs is 15. The minimum Gasteiger partial charge on any atom is -0.477 e. The van der Waals surface area contributed by atoms with Crippen molar-refractivity contribution in [3.8, 4) is 34.3 Å². The largest absolute Gasteiger partial charge is 0.477 e. The summed E-state index contributed by atoms with van der Waals surface area (Å²) in [6.45, 7) is 3.79. The van der Waals surface area contributed by atoms with Gasteiger partial charge >= 0.3 is 24.3 Å².